The molecule has 0 aliphatic heterocycles. The molecule has 0 saturated heterocycles. The monoisotopic (exact) mass is 268 g/mol. The van der Waals surface area contributed by atoms with Gasteiger partial charge in [0.1, 0.15) is 11.3 Å². The van der Waals surface area contributed by atoms with E-state index in [1.165, 1.54) is 0 Å². The SMILES string of the molecule is NNC(Cc1cnccc1N)c1cc2ccccc2o1. The van der Waals surface area contributed by atoms with Gasteiger partial charge in [0.15, 0.2) is 0 Å². The number of hydrazine groups is 1. The molecule has 0 radical (unpaired) electrons. The van der Waals surface area contributed by atoms with E-state index in [4.69, 9.17) is 16.0 Å². The molecule has 0 aliphatic rings. The van der Waals surface area contributed by atoms with Gasteiger partial charge in [-0.05, 0) is 30.2 Å². The number of hydrogen-bond donors (Lipinski definition) is 3. The highest BCUT2D eigenvalue weighted by Gasteiger charge is 2.16. The summed E-state index contributed by atoms with van der Waals surface area (Å²) in [6.45, 7) is 0. The molecule has 0 bridgehead atoms. The van der Waals surface area contributed by atoms with Crippen LogP contribution in [0, 0.1) is 0 Å². The van der Waals surface area contributed by atoms with Crippen LogP contribution in [-0.2, 0) is 6.42 Å². The van der Waals surface area contributed by atoms with Gasteiger partial charge in [-0.2, -0.15) is 0 Å². The first-order valence-electron chi connectivity index (χ1n) is 6.41. The molecule has 3 aromatic rings. The van der Waals surface area contributed by atoms with Crippen LogP contribution in [0.4, 0.5) is 5.69 Å². The highest BCUT2D eigenvalue weighted by Crippen LogP contribution is 2.26. The fourth-order valence-corrected chi connectivity index (χ4v) is 2.24. The van der Waals surface area contributed by atoms with E-state index in [2.05, 4.69) is 10.4 Å². The number of nitrogen functional groups attached to an aromatic ring is 1. The van der Waals surface area contributed by atoms with E-state index < -0.39 is 0 Å². The zero-order chi connectivity index (χ0) is 13.9. The molecule has 0 fully saturated rings. The van der Waals surface area contributed by atoms with E-state index in [0.717, 1.165) is 22.3 Å². The third-order valence-electron chi connectivity index (χ3n) is 3.35. The highest BCUT2D eigenvalue weighted by atomic mass is 16.3. The molecule has 1 atom stereocenters. The maximum absolute atomic E-state index is 5.94. The molecule has 3 rings (SSSR count). The van der Waals surface area contributed by atoms with Crippen LogP contribution in [0.2, 0.25) is 0 Å². The van der Waals surface area contributed by atoms with Crippen LogP contribution >= 0.6 is 0 Å². The molecule has 0 spiro atoms. The summed E-state index contributed by atoms with van der Waals surface area (Å²) in [7, 11) is 0. The van der Waals surface area contributed by atoms with Crippen molar-refractivity contribution < 1.29 is 4.42 Å². The molecular weight excluding hydrogens is 252 g/mol. The molecule has 20 heavy (non-hydrogen) atoms. The Labute approximate surface area is 116 Å². The number of rotatable bonds is 4. The van der Waals surface area contributed by atoms with Crippen molar-refractivity contribution in [1.82, 2.24) is 10.4 Å². The first kappa shape index (κ1) is 12.7. The van der Waals surface area contributed by atoms with Crippen molar-refractivity contribution in [3.05, 3.63) is 60.1 Å². The molecule has 0 amide bonds. The lowest BCUT2D eigenvalue weighted by Gasteiger charge is -2.14. The minimum Gasteiger partial charge on any atom is -0.459 e. The molecule has 1 unspecified atom stereocenters. The Morgan fingerprint density at radius 3 is 2.85 bits per heavy atom. The fraction of sp³-hybridized carbons (Fsp3) is 0.133. The highest BCUT2D eigenvalue weighted by molar-refractivity contribution is 5.77. The summed E-state index contributed by atoms with van der Waals surface area (Å²) < 4.78 is 5.83. The van der Waals surface area contributed by atoms with Gasteiger partial charge in [0.25, 0.3) is 0 Å². The first-order chi connectivity index (χ1) is 9.78. The number of para-hydroxylation sites is 1. The molecule has 5 N–H and O–H groups in total. The number of aromatic nitrogens is 1. The summed E-state index contributed by atoms with van der Waals surface area (Å²) in [5.41, 5.74) is 11.2. The van der Waals surface area contributed by atoms with E-state index in [0.29, 0.717) is 12.1 Å². The van der Waals surface area contributed by atoms with Gasteiger partial charge in [-0.25, -0.2) is 5.43 Å². The van der Waals surface area contributed by atoms with E-state index in [1.807, 2.05) is 30.3 Å². The van der Waals surface area contributed by atoms with Crippen LogP contribution in [0.25, 0.3) is 11.0 Å². The van der Waals surface area contributed by atoms with Gasteiger partial charge in [-0.3, -0.25) is 10.8 Å². The van der Waals surface area contributed by atoms with Crippen molar-refractivity contribution in [2.75, 3.05) is 5.73 Å². The predicted octanol–water partition coefficient (Wildman–Crippen LogP) is 2.16. The Bertz CT molecular complexity index is 689. The second kappa shape index (κ2) is 5.32. The molecule has 0 saturated carbocycles. The summed E-state index contributed by atoms with van der Waals surface area (Å²) in [5, 5.41) is 1.06. The molecule has 5 heteroatoms. The van der Waals surface area contributed by atoms with Crippen molar-refractivity contribution in [2.24, 2.45) is 5.84 Å². The molecule has 0 aliphatic carbocycles. The van der Waals surface area contributed by atoms with Crippen LogP contribution in [0.1, 0.15) is 17.4 Å². The Morgan fingerprint density at radius 1 is 1.25 bits per heavy atom. The maximum Gasteiger partial charge on any atom is 0.134 e. The topological polar surface area (TPSA) is 90.1 Å². The van der Waals surface area contributed by atoms with Gasteiger partial charge in [0.05, 0.1) is 6.04 Å². The minimum absolute atomic E-state index is 0.145. The van der Waals surface area contributed by atoms with Crippen LogP contribution in [0.15, 0.2) is 53.2 Å². The minimum atomic E-state index is -0.145. The summed E-state index contributed by atoms with van der Waals surface area (Å²) in [4.78, 5) is 4.09. The van der Waals surface area contributed by atoms with Gasteiger partial charge in [0.2, 0.25) is 0 Å². The summed E-state index contributed by atoms with van der Waals surface area (Å²) in [5.74, 6) is 6.44. The number of nitrogens with two attached hydrogens (primary N) is 2. The van der Waals surface area contributed by atoms with E-state index in [-0.39, 0.29) is 6.04 Å². The van der Waals surface area contributed by atoms with Gasteiger partial charge in [-0.15, -0.1) is 0 Å². The Balaban J connectivity index is 1.91. The van der Waals surface area contributed by atoms with Crippen molar-refractivity contribution in [1.29, 1.82) is 0 Å². The van der Waals surface area contributed by atoms with Gasteiger partial charge in [0, 0.05) is 23.5 Å². The maximum atomic E-state index is 5.94. The van der Waals surface area contributed by atoms with E-state index in [9.17, 15) is 0 Å². The number of benzene rings is 1. The average Bonchev–Trinajstić information content (AvgIpc) is 2.90. The third kappa shape index (κ3) is 2.36. The number of pyridine rings is 1. The lowest BCUT2D eigenvalue weighted by atomic mass is 10.0. The molecular formula is C15H16N4O. The van der Waals surface area contributed by atoms with Gasteiger partial charge < -0.3 is 10.2 Å². The van der Waals surface area contributed by atoms with Gasteiger partial charge in [-0.1, -0.05) is 18.2 Å². The van der Waals surface area contributed by atoms with Crippen LogP contribution in [-0.4, -0.2) is 4.98 Å². The number of furan rings is 1. The van der Waals surface area contributed by atoms with E-state index in [1.54, 1.807) is 18.5 Å². The number of nitrogens with one attached hydrogen (secondary N) is 1. The smallest absolute Gasteiger partial charge is 0.134 e. The molecule has 2 aromatic heterocycles. The van der Waals surface area contributed by atoms with Crippen molar-refractivity contribution in [2.45, 2.75) is 12.5 Å². The summed E-state index contributed by atoms with van der Waals surface area (Å²) in [6.07, 6.45) is 4.04. The van der Waals surface area contributed by atoms with Crippen LogP contribution < -0.4 is 17.0 Å². The van der Waals surface area contributed by atoms with Crippen LogP contribution in [0.5, 0.6) is 0 Å². The standard InChI is InChI=1S/C15H16N4O/c16-12-5-6-18-9-11(12)7-13(19-17)15-8-10-3-1-2-4-14(10)20-15/h1-6,8-9,13,19H,7,17H2,(H2,16,18). The second-order valence-electron chi connectivity index (χ2n) is 4.68. The number of hydrogen-bond acceptors (Lipinski definition) is 5. The van der Waals surface area contributed by atoms with Crippen molar-refractivity contribution in [3.63, 3.8) is 0 Å². The van der Waals surface area contributed by atoms with Crippen molar-refractivity contribution >= 4 is 16.7 Å². The number of fused-ring (bicyclic) bond motifs is 1. The van der Waals surface area contributed by atoms with E-state index >= 15 is 0 Å². The number of nitrogens with zero attached hydrogens (tertiary/aromatic N) is 1. The summed E-state index contributed by atoms with van der Waals surface area (Å²) in [6, 6.07) is 11.5. The average molecular weight is 268 g/mol. The lowest BCUT2D eigenvalue weighted by molar-refractivity contribution is 0.434. The third-order valence-corrected chi connectivity index (χ3v) is 3.35. The number of anilines is 1. The Hall–Kier alpha value is -2.37. The Morgan fingerprint density at radius 2 is 2.10 bits per heavy atom. The van der Waals surface area contributed by atoms with Crippen molar-refractivity contribution in [3.8, 4) is 0 Å². The second-order valence-corrected chi connectivity index (χ2v) is 4.68. The van der Waals surface area contributed by atoms with Crippen LogP contribution in [0.3, 0.4) is 0 Å². The Kier molecular flexibility index (Phi) is 3.37. The fourth-order valence-electron chi connectivity index (χ4n) is 2.24. The lowest BCUT2D eigenvalue weighted by Crippen LogP contribution is -2.29. The summed E-state index contributed by atoms with van der Waals surface area (Å²) >= 11 is 0. The molecule has 5 nitrogen and oxygen atoms in total. The zero-order valence-electron chi connectivity index (χ0n) is 10.9. The quantitative estimate of drug-likeness (QED) is 0.498. The predicted molar refractivity (Wildman–Crippen MR) is 78.6 cm³/mol. The van der Waals surface area contributed by atoms with Gasteiger partial charge >= 0.3 is 0 Å². The normalized spacial score (nSPS) is 12.7. The molecule has 1 aromatic carbocycles. The molecule has 2 heterocycles. The zero-order valence-corrected chi connectivity index (χ0v) is 10.9. The molecule has 102 valence electrons. The first-order valence-corrected chi connectivity index (χ1v) is 6.41. The largest absolute Gasteiger partial charge is 0.459 e.